The smallest absolute Gasteiger partial charge is 0.272 e. The van der Waals surface area contributed by atoms with Crippen LogP contribution < -0.4 is 10.9 Å². The zero-order valence-corrected chi connectivity index (χ0v) is 17.8. The molecule has 1 aromatic heterocycles. The third-order valence-electron chi connectivity index (χ3n) is 5.73. The van der Waals surface area contributed by atoms with Gasteiger partial charge in [0.2, 0.25) is 0 Å². The predicted octanol–water partition coefficient (Wildman–Crippen LogP) is 3.39. The number of hydrogen-bond acceptors (Lipinski definition) is 4. The molecule has 1 N–H and O–H groups in total. The second kappa shape index (κ2) is 9.71. The minimum atomic E-state index is -0.300. The second-order valence-electron chi connectivity index (χ2n) is 8.24. The van der Waals surface area contributed by atoms with Gasteiger partial charge in [-0.3, -0.25) is 14.5 Å². The largest absolute Gasteiger partial charge is 0.347 e. The maximum Gasteiger partial charge on any atom is 0.272 e. The molecule has 160 valence electrons. The summed E-state index contributed by atoms with van der Waals surface area (Å²) < 4.78 is 1.25. The van der Waals surface area contributed by atoms with Crippen molar-refractivity contribution in [1.82, 2.24) is 20.0 Å². The maximum absolute atomic E-state index is 12.8. The van der Waals surface area contributed by atoms with Gasteiger partial charge in [-0.2, -0.15) is 9.78 Å². The van der Waals surface area contributed by atoms with Crippen molar-refractivity contribution in [3.63, 3.8) is 0 Å². The number of hydrogen-bond donors (Lipinski definition) is 1. The Morgan fingerprint density at radius 1 is 1.03 bits per heavy atom. The first-order chi connectivity index (χ1) is 15.1. The van der Waals surface area contributed by atoms with E-state index in [1.807, 2.05) is 30.3 Å². The highest BCUT2D eigenvalue weighted by Gasteiger charge is 2.18. The number of carbonyl (C=O) groups excluding carboxylic acids is 1. The van der Waals surface area contributed by atoms with Crippen molar-refractivity contribution in [2.75, 3.05) is 13.1 Å². The Bertz CT molecular complexity index is 1090. The van der Waals surface area contributed by atoms with Gasteiger partial charge in [0.05, 0.1) is 5.69 Å². The molecule has 31 heavy (non-hydrogen) atoms. The Balaban J connectivity index is 1.45. The molecule has 3 aromatic rings. The number of aromatic nitrogens is 2. The van der Waals surface area contributed by atoms with Gasteiger partial charge in [0.1, 0.15) is 5.69 Å². The minimum Gasteiger partial charge on any atom is -0.347 e. The van der Waals surface area contributed by atoms with Gasteiger partial charge >= 0.3 is 0 Å². The average Bonchev–Trinajstić information content (AvgIpc) is 2.79. The summed E-state index contributed by atoms with van der Waals surface area (Å²) in [6.45, 7) is 5.86. The predicted molar refractivity (Wildman–Crippen MR) is 121 cm³/mol. The summed E-state index contributed by atoms with van der Waals surface area (Å²) in [5.74, 6) is 0.429. The third kappa shape index (κ3) is 5.27. The molecular formula is C25H28N4O2. The van der Waals surface area contributed by atoms with Crippen LogP contribution in [0.5, 0.6) is 0 Å². The molecule has 0 unspecified atom stereocenters. The zero-order valence-electron chi connectivity index (χ0n) is 17.8. The highest BCUT2D eigenvalue weighted by Crippen LogP contribution is 2.19. The number of para-hydroxylation sites is 1. The molecule has 0 aliphatic carbocycles. The summed E-state index contributed by atoms with van der Waals surface area (Å²) in [6.07, 6.45) is 2.54. The van der Waals surface area contributed by atoms with Crippen LogP contribution in [0.3, 0.4) is 0 Å². The first kappa shape index (κ1) is 21.0. The van der Waals surface area contributed by atoms with Gasteiger partial charge in [-0.15, -0.1) is 0 Å². The molecule has 1 fully saturated rings. The first-order valence-electron chi connectivity index (χ1n) is 10.8. The van der Waals surface area contributed by atoms with E-state index in [1.54, 1.807) is 12.1 Å². The number of nitrogens with one attached hydrogen (secondary N) is 1. The number of nitrogens with zero attached hydrogens (tertiary/aromatic N) is 3. The van der Waals surface area contributed by atoms with E-state index in [1.165, 1.54) is 35.2 Å². The van der Waals surface area contributed by atoms with Crippen LogP contribution in [0.15, 0.2) is 71.5 Å². The van der Waals surface area contributed by atoms with E-state index in [0.29, 0.717) is 12.2 Å². The molecule has 1 aliphatic heterocycles. The fourth-order valence-corrected chi connectivity index (χ4v) is 4.11. The van der Waals surface area contributed by atoms with Gasteiger partial charge < -0.3 is 5.32 Å². The lowest BCUT2D eigenvalue weighted by molar-refractivity contribution is 0.0944. The van der Waals surface area contributed by atoms with E-state index >= 15 is 0 Å². The molecule has 1 aliphatic rings. The quantitative estimate of drug-likeness (QED) is 0.669. The molecule has 0 spiro atoms. The molecule has 0 saturated carbocycles. The number of rotatable bonds is 6. The van der Waals surface area contributed by atoms with Crippen LogP contribution in [0.2, 0.25) is 0 Å². The molecule has 6 heteroatoms. The van der Waals surface area contributed by atoms with Crippen LogP contribution in [0.1, 0.15) is 41.4 Å². The lowest BCUT2D eigenvalue weighted by atomic mass is 9.99. The van der Waals surface area contributed by atoms with Crippen LogP contribution in [0, 0.1) is 5.92 Å². The Hall–Kier alpha value is -3.25. The van der Waals surface area contributed by atoms with Crippen LogP contribution in [-0.4, -0.2) is 33.7 Å². The van der Waals surface area contributed by atoms with E-state index in [9.17, 15) is 9.59 Å². The summed E-state index contributed by atoms with van der Waals surface area (Å²) in [4.78, 5) is 27.4. The highest BCUT2D eigenvalue weighted by molar-refractivity contribution is 5.92. The Morgan fingerprint density at radius 2 is 1.77 bits per heavy atom. The Labute approximate surface area is 182 Å². The number of piperidine rings is 1. The van der Waals surface area contributed by atoms with Crippen molar-refractivity contribution >= 4 is 5.91 Å². The summed E-state index contributed by atoms with van der Waals surface area (Å²) >= 11 is 0. The number of carbonyl (C=O) groups is 1. The highest BCUT2D eigenvalue weighted by atomic mass is 16.2. The Kier molecular flexibility index (Phi) is 6.57. The van der Waals surface area contributed by atoms with Crippen LogP contribution in [0.4, 0.5) is 0 Å². The van der Waals surface area contributed by atoms with Crippen LogP contribution in [0.25, 0.3) is 5.69 Å². The molecule has 2 heterocycles. The van der Waals surface area contributed by atoms with Gasteiger partial charge in [0.25, 0.3) is 11.5 Å². The first-order valence-corrected chi connectivity index (χ1v) is 10.8. The minimum absolute atomic E-state index is 0.214. The SMILES string of the molecule is C[C@@H]1CCCN(Cc2ccccc2CNC(=O)c2ccc(=O)n(-c3ccccc3)n2)C1. The molecule has 1 atom stereocenters. The standard InChI is InChI=1S/C25H28N4O2/c1-19-8-7-15-28(17-19)18-21-10-6-5-9-20(21)16-26-25(31)23-13-14-24(30)29(27-23)22-11-3-2-4-12-22/h2-6,9-14,19H,7-8,15-18H2,1H3,(H,26,31)/t19-/m1/s1. The van der Waals surface area contributed by atoms with Gasteiger partial charge in [-0.25, -0.2) is 0 Å². The molecule has 4 rings (SSSR count). The lowest BCUT2D eigenvalue weighted by Crippen LogP contribution is -2.34. The summed E-state index contributed by atoms with van der Waals surface area (Å²) in [5.41, 5.74) is 2.91. The van der Waals surface area contributed by atoms with Crippen molar-refractivity contribution in [2.45, 2.75) is 32.9 Å². The maximum atomic E-state index is 12.8. The molecule has 0 bridgehead atoms. The van der Waals surface area contributed by atoms with E-state index in [2.05, 4.69) is 34.4 Å². The third-order valence-corrected chi connectivity index (χ3v) is 5.73. The summed E-state index contributed by atoms with van der Waals surface area (Å²) in [6, 6.07) is 20.2. The fourth-order valence-electron chi connectivity index (χ4n) is 4.11. The fraction of sp³-hybridized carbons (Fsp3) is 0.320. The summed E-state index contributed by atoms with van der Waals surface area (Å²) in [7, 11) is 0. The zero-order chi connectivity index (χ0) is 21.6. The van der Waals surface area contributed by atoms with Gasteiger partial charge in [0, 0.05) is 25.7 Å². The van der Waals surface area contributed by atoms with Crippen LogP contribution >= 0.6 is 0 Å². The number of likely N-dealkylation sites (tertiary alicyclic amines) is 1. The molecule has 2 aromatic carbocycles. The van der Waals surface area contributed by atoms with Crippen molar-refractivity contribution in [1.29, 1.82) is 0 Å². The van der Waals surface area contributed by atoms with Crippen molar-refractivity contribution < 1.29 is 4.79 Å². The average molecular weight is 417 g/mol. The lowest BCUT2D eigenvalue weighted by Gasteiger charge is -2.31. The van der Waals surface area contributed by atoms with E-state index in [-0.39, 0.29) is 17.2 Å². The van der Waals surface area contributed by atoms with Crippen LogP contribution in [-0.2, 0) is 13.1 Å². The molecule has 1 amide bonds. The molecule has 0 radical (unpaired) electrons. The van der Waals surface area contributed by atoms with Gasteiger partial charge in [-0.05, 0) is 54.6 Å². The molecule has 6 nitrogen and oxygen atoms in total. The summed E-state index contributed by atoms with van der Waals surface area (Å²) in [5, 5.41) is 7.23. The molecular weight excluding hydrogens is 388 g/mol. The van der Waals surface area contributed by atoms with E-state index in [4.69, 9.17) is 0 Å². The van der Waals surface area contributed by atoms with E-state index in [0.717, 1.165) is 31.1 Å². The van der Waals surface area contributed by atoms with Crippen molar-refractivity contribution in [2.24, 2.45) is 5.92 Å². The van der Waals surface area contributed by atoms with Crippen molar-refractivity contribution in [3.8, 4) is 5.69 Å². The second-order valence-corrected chi connectivity index (χ2v) is 8.24. The monoisotopic (exact) mass is 416 g/mol. The number of benzene rings is 2. The van der Waals surface area contributed by atoms with Gasteiger partial charge in [0.15, 0.2) is 0 Å². The topological polar surface area (TPSA) is 67.2 Å². The van der Waals surface area contributed by atoms with Crippen molar-refractivity contribution in [3.05, 3.63) is 93.9 Å². The van der Waals surface area contributed by atoms with E-state index < -0.39 is 0 Å². The number of amides is 1. The molecule has 1 saturated heterocycles. The normalized spacial score (nSPS) is 16.7. The van der Waals surface area contributed by atoms with Gasteiger partial charge in [-0.1, -0.05) is 49.4 Å². The Morgan fingerprint density at radius 3 is 2.55 bits per heavy atom.